The van der Waals surface area contributed by atoms with Gasteiger partial charge in [0.1, 0.15) is 6.29 Å². The van der Waals surface area contributed by atoms with Crippen LogP contribution in [0.25, 0.3) is 0 Å². The van der Waals surface area contributed by atoms with Crippen LogP contribution in [-0.2, 0) is 4.79 Å². The molecule has 2 aromatic carbocycles. The topological polar surface area (TPSA) is 49.4 Å². The Morgan fingerprint density at radius 1 is 1.04 bits per heavy atom. The first kappa shape index (κ1) is 20.3. The Hall–Kier alpha value is -2.48. The van der Waals surface area contributed by atoms with Crippen molar-refractivity contribution in [1.29, 1.82) is 0 Å². The largest absolute Gasteiger partial charge is 0.446 e. The van der Waals surface area contributed by atoms with Crippen molar-refractivity contribution in [2.24, 2.45) is 5.92 Å². The van der Waals surface area contributed by atoms with E-state index >= 15 is 0 Å². The molecule has 2 aromatic rings. The summed E-state index contributed by atoms with van der Waals surface area (Å²) in [6.45, 7) is 1.44. The second-order valence-corrected chi connectivity index (χ2v) is 7.67. The molecule has 1 aliphatic heterocycles. The standard InChI is InChI=1S/C20H19F3N2O2S/c21-20(22,23)28-18-7-3-16(4-8-18)24-19(27)15-9-11-25(12-10-15)17-5-1-14(13-26)2-6-17/h1-8,13,15H,9-12H2,(H,24,27). The summed E-state index contributed by atoms with van der Waals surface area (Å²) in [5.41, 5.74) is -2.20. The van der Waals surface area contributed by atoms with Gasteiger partial charge in [-0.25, -0.2) is 0 Å². The molecule has 0 bridgehead atoms. The summed E-state index contributed by atoms with van der Waals surface area (Å²) < 4.78 is 37.1. The second-order valence-electron chi connectivity index (χ2n) is 6.53. The number of anilines is 2. The highest BCUT2D eigenvalue weighted by molar-refractivity contribution is 8.00. The van der Waals surface area contributed by atoms with Gasteiger partial charge in [0.15, 0.2) is 0 Å². The first-order valence-corrected chi connectivity index (χ1v) is 9.62. The monoisotopic (exact) mass is 408 g/mol. The maximum absolute atomic E-state index is 12.5. The number of hydrogen-bond donors (Lipinski definition) is 1. The van der Waals surface area contributed by atoms with Gasteiger partial charge in [0.25, 0.3) is 0 Å². The molecule has 1 aliphatic rings. The van der Waals surface area contributed by atoms with Crippen LogP contribution >= 0.6 is 11.8 Å². The summed E-state index contributed by atoms with van der Waals surface area (Å²) in [5.74, 6) is -0.262. The number of alkyl halides is 3. The van der Waals surface area contributed by atoms with E-state index in [1.165, 1.54) is 24.3 Å². The fourth-order valence-electron chi connectivity index (χ4n) is 3.15. The smallest absolute Gasteiger partial charge is 0.371 e. The number of nitrogens with one attached hydrogen (secondary N) is 1. The third kappa shape index (κ3) is 5.51. The molecule has 148 valence electrons. The molecule has 0 unspecified atom stereocenters. The van der Waals surface area contributed by atoms with E-state index in [1.807, 2.05) is 12.1 Å². The summed E-state index contributed by atoms with van der Waals surface area (Å²) in [5, 5.41) is 2.78. The molecule has 1 N–H and O–H groups in total. The summed E-state index contributed by atoms with van der Waals surface area (Å²) >= 11 is -0.181. The summed E-state index contributed by atoms with van der Waals surface area (Å²) in [6, 6.07) is 13.0. The quantitative estimate of drug-likeness (QED) is 0.561. The number of aldehydes is 1. The molecule has 0 radical (unpaired) electrons. The van der Waals surface area contributed by atoms with Crippen LogP contribution in [-0.4, -0.2) is 30.8 Å². The van der Waals surface area contributed by atoms with Crippen molar-refractivity contribution < 1.29 is 22.8 Å². The van der Waals surface area contributed by atoms with E-state index in [2.05, 4.69) is 10.2 Å². The van der Waals surface area contributed by atoms with E-state index in [-0.39, 0.29) is 28.5 Å². The average molecular weight is 408 g/mol. The van der Waals surface area contributed by atoms with Gasteiger partial charge in [-0.3, -0.25) is 9.59 Å². The van der Waals surface area contributed by atoms with Gasteiger partial charge in [-0.15, -0.1) is 0 Å². The number of halogens is 3. The number of hydrogen-bond acceptors (Lipinski definition) is 4. The number of piperidine rings is 1. The fourth-order valence-corrected chi connectivity index (χ4v) is 3.69. The highest BCUT2D eigenvalue weighted by atomic mass is 32.2. The molecule has 4 nitrogen and oxygen atoms in total. The lowest BCUT2D eigenvalue weighted by Crippen LogP contribution is -2.38. The van der Waals surface area contributed by atoms with Gasteiger partial charge >= 0.3 is 5.51 Å². The Kier molecular flexibility index (Phi) is 6.28. The number of carbonyl (C=O) groups excluding carboxylic acids is 2. The molecule has 8 heteroatoms. The van der Waals surface area contributed by atoms with Crippen LogP contribution in [0.3, 0.4) is 0 Å². The van der Waals surface area contributed by atoms with Crippen molar-refractivity contribution in [2.75, 3.05) is 23.3 Å². The number of nitrogens with zero attached hydrogens (tertiary/aromatic N) is 1. The zero-order chi connectivity index (χ0) is 20.1. The van der Waals surface area contributed by atoms with Crippen molar-refractivity contribution in [3.05, 3.63) is 54.1 Å². The zero-order valence-corrected chi connectivity index (χ0v) is 15.7. The van der Waals surface area contributed by atoms with Crippen LogP contribution in [0.1, 0.15) is 23.2 Å². The number of rotatable bonds is 5. The Bertz CT molecular complexity index is 815. The predicted octanol–water partition coefficient (Wildman–Crippen LogP) is 4.97. The van der Waals surface area contributed by atoms with Gasteiger partial charge in [-0.2, -0.15) is 13.2 Å². The van der Waals surface area contributed by atoms with E-state index in [0.717, 1.165) is 25.1 Å². The Labute approximate surface area is 165 Å². The van der Waals surface area contributed by atoms with Crippen LogP contribution in [0.5, 0.6) is 0 Å². The molecule has 1 amide bonds. The van der Waals surface area contributed by atoms with E-state index in [4.69, 9.17) is 0 Å². The van der Waals surface area contributed by atoms with Gasteiger partial charge in [0.2, 0.25) is 5.91 Å². The first-order chi connectivity index (χ1) is 13.3. The molecular formula is C20H19F3N2O2S. The summed E-state index contributed by atoms with van der Waals surface area (Å²) in [7, 11) is 0. The minimum atomic E-state index is -4.33. The van der Waals surface area contributed by atoms with Gasteiger partial charge in [0, 0.05) is 40.8 Å². The summed E-state index contributed by atoms with van der Waals surface area (Å²) in [6.07, 6.45) is 2.17. The number of amides is 1. The SMILES string of the molecule is O=Cc1ccc(N2CCC(C(=O)Nc3ccc(SC(F)(F)F)cc3)CC2)cc1. The number of thioether (sulfide) groups is 1. The van der Waals surface area contributed by atoms with Gasteiger partial charge < -0.3 is 10.2 Å². The van der Waals surface area contributed by atoms with Crippen molar-refractivity contribution in [3.63, 3.8) is 0 Å². The molecule has 0 aromatic heterocycles. The van der Waals surface area contributed by atoms with Crippen molar-refractivity contribution in [3.8, 4) is 0 Å². The normalized spacial score (nSPS) is 15.3. The number of carbonyl (C=O) groups is 2. The molecule has 1 saturated heterocycles. The molecule has 0 spiro atoms. The molecule has 28 heavy (non-hydrogen) atoms. The predicted molar refractivity (Wildman–Crippen MR) is 104 cm³/mol. The molecular weight excluding hydrogens is 389 g/mol. The Balaban J connectivity index is 1.51. The van der Waals surface area contributed by atoms with Crippen molar-refractivity contribution in [1.82, 2.24) is 0 Å². The van der Waals surface area contributed by atoms with E-state index in [9.17, 15) is 22.8 Å². The van der Waals surface area contributed by atoms with Crippen LogP contribution in [0.4, 0.5) is 24.5 Å². The lowest BCUT2D eigenvalue weighted by Gasteiger charge is -2.33. The van der Waals surface area contributed by atoms with Gasteiger partial charge in [-0.05, 0) is 73.1 Å². The summed E-state index contributed by atoms with van der Waals surface area (Å²) in [4.78, 5) is 25.4. The Morgan fingerprint density at radius 3 is 2.18 bits per heavy atom. The molecule has 1 fully saturated rings. The maximum Gasteiger partial charge on any atom is 0.446 e. The molecule has 3 rings (SSSR count). The van der Waals surface area contributed by atoms with E-state index in [1.54, 1.807) is 12.1 Å². The van der Waals surface area contributed by atoms with Gasteiger partial charge in [-0.1, -0.05) is 0 Å². The van der Waals surface area contributed by atoms with E-state index < -0.39 is 5.51 Å². The van der Waals surface area contributed by atoms with E-state index in [0.29, 0.717) is 24.1 Å². The Morgan fingerprint density at radius 2 is 1.64 bits per heavy atom. The van der Waals surface area contributed by atoms with Crippen LogP contribution < -0.4 is 10.2 Å². The van der Waals surface area contributed by atoms with Crippen molar-refractivity contribution >= 4 is 35.3 Å². The average Bonchev–Trinajstić information content (AvgIpc) is 2.68. The molecule has 0 saturated carbocycles. The molecule has 1 heterocycles. The van der Waals surface area contributed by atoms with Crippen LogP contribution in [0.15, 0.2) is 53.4 Å². The first-order valence-electron chi connectivity index (χ1n) is 8.81. The van der Waals surface area contributed by atoms with Gasteiger partial charge in [0.05, 0.1) is 0 Å². The molecule has 0 aliphatic carbocycles. The molecule has 0 atom stereocenters. The maximum atomic E-state index is 12.5. The second kappa shape index (κ2) is 8.68. The zero-order valence-electron chi connectivity index (χ0n) is 14.9. The lowest BCUT2D eigenvalue weighted by atomic mass is 9.95. The highest BCUT2D eigenvalue weighted by Gasteiger charge is 2.29. The van der Waals surface area contributed by atoms with Crippen LogP contribution in [0.2, 0.25) is 0 Å². The van der Waals surface area contributed by atoms with Crippen molar-refractivity contribution in [2.45, 2.75) is 23.2 Å². The number of benzene rings is 2. The highest BCUT2D eigenvalue weighted by Crippen LogP contribution is 2.37. The minimum absolute atomic E-state index is 0.0828. The van der Waals surface area contributed by atoms with Crippen LogP contribution in [0, 0.1) is 5.92 Å². The third-order valence-electron chi connectivity index (χ3n) is 4.62. The minimum Gasteiger partial charge on any atom is -0.371 e. The third-order valence-corrected chi connectivity index (χ3v) is 5.35. The lowest BCUT2D eigenvalue weighted by molar-refractivity contribution is -0.120. The fraction of sp³-hybridized carbons (Fsp3) is 0.300.